The Kier molecular flexibility index (Phi) is 4.45. The first-order chi connectivity index (χ1) is 7.11. The Hall–Kier alpha value is -0.700. The Morgan fingerprint density at radius 1 is 1.40 bits per heavy atom. The van der Waals surface area contributed by atoms with E-state index in [0.29, 0.717) is 4.47 Å². The van der Waals surface area contributed by atoms with Gasteiger partial charge in [0.2, 0.25) is 0 Å². The number of ketones is 1. The SMILES string of the molecule is CCC(CC)C(=O)c1cccc(Br)c1F. The summed E-state index contributed by atoms with van der Waals surface area (Å²) in [4.78, 5) is 11.9. The van der Waals surface area contributed by atoms with Crippen molar-refractivity contribution < 1.29 is 9.18 Å². The third kappa shape index (κ3) is 2.65. The molecule has 0 saturated heterocycles. The second-order valence-electron chi connectivity index (χ2n) is 3.48. The lowest BCUT2D eigenvalue weighted by atomic mass is 9.93. The van der Waals surface area contributed by atoms with E-state index in [1.165, 1.54) is 0 Å². The third-order valence-corrected chi connectivity index (χ3v) is 3.19. The van der Waals surface area contributed by atoms with Crippen LogP contribution in [0, 0.1) is 11.7 Å². The first kappa shape index (κ1) is 12.4. The Bertz CT molecular complexity index is 359. The largest absolute Gasteiger partial charge is 0.294 e. The molecular weight excluding hydrogens is 259 g/mol. The van der Waals surface area contributed by atoms with Gasteiger partial charge >= 0.3 is 0 Å². The van der Waals surface area contributed by atoms with Crippen molar-refractivity contribution in [2.24, 2.45) is 5.92 Å². The summed E-state index contributed by atoms with van der Waals surface area (Å²) in [6, 6.07) is 4.82. The fraction of sp³-hybridized carbons (Fsp3) is 0.417. The van der Waals surface area contributed by atoms with Gasteiger partial charge in [0.05, 0.1) is 10.0 Å². The van der Waals surface area contributed by atoms with Crippen molar-refractivity contribution in [2.75, 3.05) is 0 Å². The molecule has 0 aromatic heterocycles. The van der Waals surface area contributed by atoms with Gasteiger partial charge in [0.1, 0.15) is 5.82 Å². The molecule has 0 radical (unpaired) electrons. The van der Waals surface area contributed by atoms with Crippen molar-refractivity contribution in [3.8, 4) is 0 Å². The number of carbonyl (C=O) groups is 1. The van der Waals surface area contributed by atoms with E-state index in [1.54, 1.807) is 18.2 Å². The Labute approximate surface area is 97.8 Å². The summed E-state index contributed by atoms with van der Waals surface area (Å²) in [6.07, 6.45) is 1.50. The van der Waals surface area contributed by atoms with Gasteiger partial charge < -0.3 is 0 Å². The standard InChI is InChI=1S/C12H14BrFO/c1-3-8(4-2)12(15)9-6-5-7-10(13)11(9)14/h5-8H,3-4H2,1-2H3. The van der Waals surface area contributed by atoms with E-state index >= 15 is 0 Å². The van der Waals surface area contributed by atoms with Gasteiger partial charge in [-0.15, -0.1) is 0 Å². The molecule has 0 aliphatic carbocycles. The van der Waals surface area contributed by atoms with E-state index in [9.17, 15) is 9.18 Å². The Morgan fingerprint density at radius 3 is 2.53 bits per heavy atom. The van der Waals surface area contributed by atoms with E-state index in [2.05, 4.69) is 15.9 Å². The van der Waals surface area contributed by atoms with Crippen molar-refractivity contribution in [3.05, 3.63) is 34.1 Å². The van der Waals surface area contributed by atoms with Crippen LogP contribution in [0.25, 0.3) is 0 Å². The molecule has 82 valence electrons. The normalized spacial score (nSPS) is 10.7. The number of benzene rings is 1. The zero-order valence-corrected chi connectivity index (χ0v) is 10.5. The molecule has 0 N–H and O–H groups in total. The second kappa shape index (κ2) is 5.40. The first-order valence-corrected chi connectivity index (χ1v) is 5.89. The van der Waals surface area contributed by atoms with Gasteiger partial charge in [-0.25, -0.2) is 4.39 Å². The fourth-order valence-electron chi connectivity index (χ4n) is 1.57. The highest BCUT2D eigenvalue weighted by atomic mass is 79.9. The molecule has 1 aromatic rings. The highest BCUT2D eigenvalue weighted by Gasteiger charge is 2.20. The van der Waals surface area contributed by atoms with E-state index in [1.807, 2.05) is 13.8 Å². The van der Waals surface area contributed by atoms with Crippen molar-refractivity contribution in [3.63, 3.8) is 0 Å². The molecule has 1 aromatic carbocycles. The van der Waals surface area contributed by atoms with Gasteiger partial charge in [-0.05, 0) is 40.9 Å². The van der Waals surface area contributed by atoms with Crippen molar-refractivity contribution in [1.29, 1.82) is 0 Å². The summed E-state index contributed by atoms with van der Waals surface area (Å²) in [7, 11) is 0. The molecule has 0 unspecified atom stereocenters. The first-order valence-electron chi connectivity index (χ1n) is 5.10. The summed E-state index contributed by atoms with van der Waals surface area (Å²) in [5.74, 6) is -0.623. The number of hydrogen-bond acceptors (Lipinski definition) is 1. The topological polar surface area (TPSA) is 17.1 Å². The average Bonchev–Trinajstić information content (AvgIpc) is 2.23. The van der Waals surface area contributed by atoms with Crippen LogP contribution in [0.4, 0.5) is 4.39 Å². The fourth-order valence-corrected chi connectivity index (χ4v) is 1.94. The number of hydrogen-bond donors (Lipinski definition) is 0. The molecule has 0 spiro atoms. The third-order valence-electron chi connectivity index (χ3n) is 2.57. The minimum atomic E-state index is -0.450. The summed E-state index contributed by atoms with van der Waals surface area (Å²) in [5, 5.41) is 0. The maximum Gasteiger partial charge on any atom is 0.168 e. The van der Waals surface area contributed by atoms with Gasteiger partial charge in [-0.2, -0.15) is 0 Å². The molecule has 0 atom stereocenters. The van der Waals surface area contributed by atoms with Crippen LogP contribution >= 0.6 is 15.9 Å². The minimum Gasteiger partial charge on any atom is -0.294 e. The Balaban J connectivity index is 3.05. The molecule has 1 rings (SSSR count). The molecule has 0 aliphatic rings. The summed E-state index contributed by atoms with van der Waals surface area (Å²) < 4.78 is 14.0. The average molecular weight is 273 g/mol. The molecule has 1 nitrogen and oxygen atoms in total. The van der Waals surface area contributed by atoms with Crippen LogP contribution in [0.2, 0.25) is 0 Å². The van der Waals surface area contributed by atoms with Crippen LogP contribution in [0.5, 0.6) is 0 Å². The Morgan fingerprint density at radius 2 is 2.00 bits per heavy atom. The van der Waals surface area contributed by atoms with E-state index in [4.69, 9.17) is 0 Å². The maximum atomic E-state index is 13.6. The number of rotatable bonds is 4. The summed E-state index contributed by atoms with van der Waals surface area (Å²) >= 11 is 3.08. The summed E-state index contributed by atoms with van der Waals surface area (Å²) in [5.41, 5.74) is 0.193. The zero-order chi connectivity index (χ0) is 11.4. The molecule has 3 heteroatoms. The van der Waals surface area contributed by atoms with Crippen molar-refractivity contribution in [2.45, 2.75) is 26.7 Å². The summed E-state index contributed by atoms with van der Waals surface area (Å²) in [6.45, 7) is 3.89. The highest BCUT2D eigenvalue weighted by Crippen LogP contribution is 2.23. The van der Waals surface area contributed by atoms with Gasteiger partial charge in [0.15, 0.2) is 5.78 Å². The predicted octanol–water partition coefficient (Wildman–Crippen LogP) is 4.21. The molecule has 0 fully saturated rings. The van der Waals surface area contributed by atoms with E-state index < -0.39 is 5.82 Å². The van der Waals surface area contributed by atoms with Gasteiger partial charge in [0.25, 0.3) is 0 Å². The van der Waals surface area contributed by atoms with Crippen LogP contribution < -0.4 is 0 Å². The van der Waals surface area contributed by atoms with Gasteiger partial charge in [-0.3, -0.25) is 4.79 Å². The van der Waals surface area contributed by atoms with Crippen molar-refractivity contribution in [1.82, 2.24) is 0 Å². The number of halogens is 2. The molecule has 0 bridgehead atoms. The lowest BCUT2D eigenvalue weighted by molar-refractivity contribution is 0.0909. The predicted molar refractivity (Wildman–Crippen MR) is 62.5 cm³/mol. The molecular formula is C12H14BrFO. The van der Waals surface area contributed by atoms with Crippen molar-refractivity contribution >= 4 is 21.7 Å². The quantitative estimate of drug-likeness (QED) is 0.751. The van der Waals surface area contributed by atoms with Crippen LogP contribution in [-0.2, 0) is 0 Å². The van der Waals surface area contributed by atoms with Crippen LogP contribution in [0.15, 0.2) is 22.7 Å². The lowest BCUT2D eigenvalue weighted by Gasteiger charge is -2.11. The lowest BCUT2D eigenvalue weighted by Crippen LogP contribution is -2.14. The smallest absolute Gasteiger partial charge is 0.168 e. The zero-order valence-electron chi connectivity index (χ0n) is 8.89. The highest BCUT2D eigenvalue weighted by molar-refractivity contribution is 9.10. The molecule has 0 amide bonds. The number of carbonyl (C=O) groups excluding carboxylic acids is 1. The number of Topliss-reactive ketones (excluding diaryl/α,β-unsaturated/α-hetero) is 1. The van der Waals surface area contributed by atoms with E-state index in [-0.39, 0.29) is 17.3 Å². The maximum absolute atomic E-state index is 13.6. The van der Waals surface area contributed by atoms with Gasteiger partial charge in [0, 0.05) is 5.92 Å². The molecule has 0 saturated carbocycles. The van der Waals surface area contributed by atoms with E-state index in [0.717, 1.165) is 12.8 Å². The molecule has 0 aliphatic heterocycles. The molecule has 15 heavy (non-hydrogen) atoms. The van der Waals surface area contributed by atoms with Gasteiger partial charge in [-0.1, -0.05) is 19.9 Å². The molecule has 0 heterocycles. The second-order valence-corrected chi connectivity index (χ2v) is 4.33. The monoisotopic (exact) mass is 272 g/mol. The minimum absolute atomic E-state index is 0.0752. The van der Waals surface area contributed by atoms with Crippen LogP contribution in [0.1, 0.15) is 37.0 Å². The van der Waals surface area contributed by atoms with Crippen LogP contribution in [-0.4, -0.2) is 5.78 Å². The van der Waals surface area contributed by atoms with Crippen LogP contribution in [0.3, 0.4) is 0 Å².